The van der Waals surface area contributed by atoms with Gasteiger partial charge in [-0.3, -0.25) is 9.79 Å². The molecule has 2 aromatic rings. The molecular weight excluding hydrogens is 498 g/mol. The summed E-state index contributed by atoms with van der Waals surface area (Å²) >= 11 is 1.81. The van der Waals surface area contributed by atoms with Gasteiger partial charge in [0, 0.05) is 47.6 Å². The van der Waals surface area contributed by atoms with Crippen molar-refractivity contribution in [1.82, 2.24) is 4.90 Å². The number of rotatable bonds is 7. The van der Waals surface area contributed by atoms with E-state index in [2.05, 4.69) is 87.2 Å². The second-order valence-electron chi connectivity index (χ2n) is 11.1. The topological polar surface area (TPSA) is 35.9 Å². The maximum absolute atomic E-state index is 13.7. The van der Waals surface area contributed by atoms with Crippen molar-refractivity contribution in [3.63, 3.8) is 0 Å². The van der Waals surface area contributed by atoms with Crippen LogP contribution in [0.15, 0.2) is 82.2 Å². The van der Waals surface area contributed by atoms with E-state index >= 15 is 0 Å². The summed E-state index contributed by atoms with van der Waals surface area (Å²) in [5.41, 5.74) is 7.88. The van der Waals surface area contributed by atoms with Crippen LogP contribution in [0.3, 0.4) is 0 Å². The molecule has 5 rings (SSSR count). The van der Waals surface area contributed by atoms with Gasteiger partial charge in [-0.25, -0.2) is 0 Å². The van der Waals surface area contributed by atoms with E-state index in [1.807, 2.05) is 28.8 Å². The maximum atomic E-state index is 13.7. The number of piperazine rings is 1. The van der Waals surface area contributed by atoms with Gasteiger partial charge in [0.15, 0.2) is 0 Å². The largest absolute Gasteiger partial charge is 0.368 e. The number of anilines is 1. The van der Waals surface area contributed by atoms with Crippen LogP contribution in [0.1, 0.15) is 61.0 Å². The van der Waals surface area contributed by atoms with Crippen LogP contribution in [0.2, 0.25) is 0 Å². The smallest absolute Gasteiger partial charge is 0.254 e. The Morgan fingerprint density at radius 3 is 2.64 bits per heavy atom. The predicted molar refractivity (Wildman–Crippen MR) is 167 cm³/mol. The number of carbonyl (C=O) groups excluding carboxylic acids is 1. The van der Waals surface area contributed by atoms with Crippen LogP contribution in [-0.4, -0.2) is 47.9 Å². The van der Waals surface area contributed by atoms with Gasteiger partial charge in [-0.2, -0.15) is 0 Å². The number of nitrogens with zero attached hydrogens (tertiary/aromatic N) is 3. The fourth-order valence-electron chi connectivity index (χ4n) is 5.77. The zero-order valence-electron chi connectivity index (χ0n) is 23.8. The van der Waals surface area contributed by atoms with E-state index in [1.165, 1.54) is 41.6 Å². The van der Waals surface area contributed by atoms with Crippen molar-refractivity contribution >= 4 is 34.8 Å². The molecule has 39 heavy (non-hydrogen) atoms. The predicted octanol–water partition coefficient (Wildman–Crippen LogP) is 8.08. The SMILES string of the molecule is CCCCCC(C)C1=Nc2cc(C(=O)N3CCN(c4ccc(C)cc4C)CC3)ccc2SC2C=CC=CC1=C2. The second-order valence-corrected chi connectivity index (χ2v) is 12.3. The van der Waals surface area contributed by atoms with Crippen LogP contribution in [0, 0.1) is 19.8 Å². The minimum Gasteiger partial charge on any atom is -0.368 e. The third-order valence-electron chi connectivity index (χ3n) is 8.00. The lowest BCUT2D eigenvalue weighted by atomic mass is 9.92. The van der Waals surface area contributed by atoms with E-state index < -0.39 is 0 Å². The Hall–Kier alpha value is -3.05. The quantitative estimate of drug-likeness (QED) is 0.334. The monoisotopic (exact) mass is 539 g/mol. The lowest BCUT2D eigenvalue weighted by Crippen LogP contribution is -2.49. The van der Waals surface area contributed by atoms with Crippen LogP contribution < -0.4 is 4.90 Å². The average molecular weight is 540 g/mol. The van der Waals surface area contributed by atoms with Gasteiger partial charge in [0.2, 0.25) is 0 Å². The zero-order valence-corrected chi connectivity index (χ0v) is 24.6. The summed E-state index contributed by atoms with van der Waals surface area (Å²) in [4.78, 5) is 24.5. The number of unbranched alkanes of at least 4 members (excludes halogenated alkanes) is 2. The number of carbonyl (C=O) groups is 1. The molecule has 2 unspecified atom stereocenters. The molecule has 2 atom stereocenters. The van der Waals surface area contributed by atoms with E-state index in [-0.39, 0.29) is 11.2 Å². The lowest BCUT2D eigenvalue weighted by Gasteiger charge is -2.37. The fourth-order valence-corrected chi connectivity index (χ4v) is 6.82. The third-order valence-corrected chi connectivity index (χ3v) is 9.17. The van der Waals surface area contributed by atoms with Gasteiger partial charge in [-0.05, 0) is 61.6 Å². The van der Waals surface area contributed by atoms with Crippen molar-refractivity contribution in [3.8, 4) is 0 Å². The minimum absolute atomic E-state index is 0.106. The molecule has 1 aliphatic carbocycles. The van der Waals surface area contributed by atoms with Crippen molar-refractivity contribution in [1.29, 1.82) is 0 Å². The molecule has 0 radical (unpaired) electrons. The summed E-state index contributed by atoms with van der Waals surface area (Å²) in [6, 6.07) is 12.8. The standard InChI is InChI=1S/C34H41N3OS/c1-5-6-7-10-25(3)33-27-11-8-9-12-29(22-27)39-32-16-14-28(23-30(32)35-33)34(38)37-19-17-36(18-20-37)31-15-13-24(2)21-26(31)4/h8-9,11-16,21-23,25,29H,5-7,10,17-20H2,1-4H3. The molecule has 5 heteroatoms. The number of allylic oxidation sites excluding steroid dienone is 4. The first-order valence-electron chi connectivity index (χ1n) is 14.5. The summed E-state index contributed by atoms with van der Waals surface area (Å²) in [5.74, 6) is 0.467. The first kappa shape index (κ1) is 27.5. The van der Waals surface area contributed by atoms with Crippen molar-refractivity contribution < 1.29 is 4.79 Å². The number of hydrogen-bond acceptors (Lipinski definition) is 4. The number of aryl methyl sites for hydroxylation is 2. The summed E-state index contributed by atoms with van der Waals surface area (Å²) in [5, 5.41) is 0.252. The molecule has 0 spiro atoms. The number of benzene rings is 2. The molecular formula is C34H41N3OS. The Morgan fingerprint density at radius 2 is 1.87 bits per heavy atom. The number of fused-ring (bicyclic) bond motifs is 2. The Kier molecular flexibility index (Phi) is 8.76. The van der Waals surface area contributed by atoms with Crippen molar-refractivity contribution in [2.45, 2.75) is 63.5 Å². The van der Waals surface area contributed by atoms with Gasteiger partial charge >= 0.3 is 0 Å². The summed E-state index contributed by atoms with van der Waals surface area (Å²) in [7, 11) is 0. The lowest BCUT2D eigenvalue weighted by molar-refractivity contribution is 0.0746. The molecule has 1 amide bonds. The van der Waals surface area contributed by atoms with Gasteiger partial charge in [0.05, 0.1) is 11.4 Å². The van der Waals surface area contributed by atoms with Crippen LogP contribution in [0.5, 0.6) is 0 Å². The first-order chi connectivity index (χ1) is 18.9. The summed E-state index contributed by atoms with van der Waals surface area (Å²) in [6.07, 6.45) is 15.9. The van der Waals surface area contributed by atoms with E-state index in [1.54, 1.807) is 0 Å². The van der Waals surface area contributed by atoms with Gasteiger partial charge in [-0.1, -0.05) is 81.2 Å². The Balaban J connectivity index is 1.37. The Morgan fingerprint density at radius 1 is 1.05 bits per heavy atom. The van der Waals surface area contributed by atoms with Crippen molar-refractivity contribution in [2.75, 3.05) is 31.1 Å². The Labute approximate surface area is 238 Å². The van der Waals surface area contributed by atoms with Crippen LogP contribution in [-0.2, 0) is 0 Å². The van der Waals surface area contributed by atoms with Gasteiger partial charge in [0.1, 0.15) is 0 Å². The molecule has 0 N–H and O–H groups in total. The Bertz CT molecular complexity index is 1330. The van der Waals surface area contributed by atoms with Crippen LogP contribution >= 0.6 is 11.8 Å². The van der Waals surface area contributed by atoms with E-state index in [0.717, 1.165) is 54.5 Å². The van der Waals surface area contributed by atoms with Crippen LogP contribution in [0.25, 0.3) is 0 Å². The highest BCUT2D eigenvalue weighted by atomic mass is 32.2. The van der Waals surface area contributed by atoms with Crippen LogP contribution in [0.4, 0.5) is 11.4 Å². The normalized spacial score (nSPS) is 19.4. The third kappa shape index (κ3) is 6.41. The first-order valence-corrected chi connectivity index (χ1v) is 15.4. The average Bonchev–Trinajstić information content (AvgIpc) is 3.18. The van der Waals surface area contributed by atoms with Gasteiger partial charge in [0.25, 0.3) is 5.91 Å². The second kappa shape index (κ2) is 12.4. The highest BCUT2D eigenvalue weighted by Crippen LogP contribution is 2.39. The molecule has 2 heterocycles. The number of aliphatic imine (C=N–C) groups is 1. The zero-order chi connectivity index (χ0) is 27.4. The highest BCUT2D eigenvalue weighted by Gasteiger charge is 2.25. The molecule has 1 saturated heterocycles. The molecule has 2 aliphatic heterocycles. The molecule has 0 aromatic heterocycles. The molecule has 0 saturated carbocycles. The minimum atomic E-state index is 0.106. The van der Waals surface area contributed by atoms with E-state index in [9.17, 15) is 4.79 Å². The molecule has 3 aliphatic rings. The van der Waals surface area contributed by atoms with Gasteiger partial charge < -0.3 is 9.80 Å². The number of amides is 1. The molecule has 4 nitrogen and oxygen atoms in total. The summed E-state index contributed by atoms with van der Waals surface area (Å²) < 4.78 is 0. The van der Waals surface area contributed by atoms with Gasteiger partial charge in [-0.15, -0.1) is 11.8 Å². The maximum Gasteiger partial charge on any atom is 0.254 e. The highest BCUT2D eigenvalue weighted by molar-refractivity contribution is 8.00. The molecule has 2 aromatic carbocycles. The molecule has 1 fully saturated rings. The van der Waals surface area contributed by atoms with Crippen molar-refractivity contribution in [2.24, 2.45) is 10.9 Å². The molecule has 204 valence electrons. The summed E-state index contributed by atoms with van der Waals surface area (Å²) in [6.45, 7) is 12.0. The number of hydrogen-bond donors (Lipinski definition) is 0. The number of thioether (sulfide) groups is 1. The molecule has 2 bridgehead atoms. The van der Waals surface area contributed by atoms with E-state index in [0.29, 0.717) is 5.92 Å². The van der Waals surface area contributed by atoms with E-state index in [4.69, 9.17) is 4.99 Å². The van der Waals surface area contributed by atoms with Crippen molar-refractivity contribution in [3.05, 3.63) is 89.0 Å². The fraction of sp³-hybridized carbons (Fsp3) is 0.412.